The van der Waals surface area contributed by atoms with E-state index in [4.69, 9.17) is 13.7 Å². The molecule has 1 atom stereocenters. The summed E-state index contributed by atoms with van der Waals surface area (Å²) in [6, 6.07) is 6.85. The summed E-state index contributed by atoms with van der Waals surface area (Å²) in [6.45, 7) is 26.2. The summed E-state index contributed by atoms with van der Waals surface area (Å²) in [5.41, 5.74) is 2.20. The highest BCUT2D eigenvalue weighted by Crippen LogP contribution is 2.43. The first-order valence-corrected chi connectivity index (χ1v) is 18.5. The quantitative estimate of drug-likeness (QED) is 0.194. The van der Waals surface area contributed by atoms with Crippen molar-refractivity contribution in [1.29, 1.82) is 0 Å². The molecule has 1 aliphatic rings. The van der Waals surface area contributed by atoms with Crippen molar-refractivity contribution >= 4 is 28.4 Å². The third kappa shape index (κ3) is 6.56. The van der Waals surface area contributed by atoms with Crippen molar-refractivity contribution in [3.63, 3.8) is 0 Å². The highest BCUT2D eigenvalue weighted by Gasteiger charge is 2.45. The van der Waals surface area contributed by atoms with Crippen molar-refractivity contribution in [1.82, 2.24) is 5.06 Å². The molecule has 0 radical (unpaired) electrons. The summed E-state index contributed by atoms with van der Waals surface area (Å²) in [7, 11) is -3.96. The van der Waals surface area contributed by atoms with Crippen LogP contribution in [0.25, 0.3) is 0 Å². The van der Waals surface area contributed by atoms with E-state index in [2.05, 4.69) is 75.4 Å². The largest absolute Gasteiger partial charge is 0.417 e. The van der Waals surface area contributed by atoms with Gasteiger partial charge >= 0.3 is 0 Å². The maximum absolute atomic E-state index is 12.8. The highest BCUT2D eigenvalue weighted by molar-refractivity contribution is 6.77. The molecule has 1 heterocycles. The number of nitrogens with zero attached hydrogens (tertiary/aromatic N) is 1. The molecule has 1 aromatic carbocycles. The minimum atomic E-state index is -2.07. The molecule has 204 valence electrons. The lowest BCUT2D eigenvalue weighted by Gasteiger charge is -2.43. The molecule has 8 heteroatoms. The molecular formula is C28H49NO5Si2. The van der Waals surface area contributed by atoms with Crippen LogP contribution in [0.3, 0.4) is 0 Å². The summed E-state index contributed by atoms with van der Waals surface area (Å²) in [5.74, 6) is -0.798. The van der Waals surface area contributed by atoms with E-state index in [0.717, 1.165) is 11.5 Å². The van der Waals surface area contributed by atoms with Crippen LogP contribution in [0.15, 0.2) is 24.3 Å². The van der Waals surface area contributed by atoms with Crippen molar-refractivity contribution in [2.75, 3.05) is 19.8 Å². The smallest absolute Gasteiger partial charge is 0.285 e. The number of hydrogen-bond acceptors (Lipinski definition) is 5. The zero-order chi connectivity index (χ0) is 27.5. The molecule has 6 nitrogen and oxygen atoms in total. The second-order valence-electron chi connectivity index (χ2n) is 12.6. The predicted octanol–water partition coefficient (Wildman–Crippen LogP) is 7.43. The topological polar surface area (TPSA) is 65.1 Å². The maximum Gasteiger partial charge on any atom is 0.285 e. The average molecular weight is 536 g/mol. The molecule has 2 amide bonds. The second-order valence-corrected chi connectivity index (χ2v) is 22.9. The number of imide groups is 1. The number of fused-ring (bicyclic) bond motifs is 1. The van der Waals surface area contributed by atoms with Gasteiger partial charge < -0.3 is 8.85 Å². The van der Waals surface area contributed by atoms with Crippen molar-refractivity contribution in [2.24, 2.45) is 5.92 Å². The number of carbonyl (C=O) groups excluding carboxylic acids is 2. The fourth-order valence-electron chi connectivity index (χ4n) is 5.14. The molecule has 1 aliphatic heterocycles. The van der Waals surface area contributed by atoms with Crippen molar-refractivity contribution < 1.29 is 23.3 Å². The van der Waals surface area contributed by atoms with Crippen LogP contribution in [0.5, 0.6) is 0 Å². The molecular weight excluding hydrogens is 486 g/mol. The van der Waals surface area contributed by atoms with E-state index in [1.54, 1.807) is 24.3 Å². The minimum absolute atomic E-state index is 0.00204. The first-order chi connectivity index (χ1) is 16.6. The van der Waals surface area contributed by atoms with Crippen LogP contribution in [-0.4, -0.2) is 53.3 Å². The number of rotatable bonds is 13. The van der Waals surface area contributed by atoms with Crippen LogP contribution in [0.4, 0.5) is 0 Å². The Balaban J connectivity index is 2.16. The number of benzene rings is 1. The van der Waals surface area contributed by atoms with E-state index < -0.39 is 28.4 Å². The fourth-order valence-corrected chi connectivity index (χ4v) is 11.7. The highest BCUT2D eigenvalue weighted by atomic mass is 28.4. The Bertz CT molecular complexity index is 851. The molecule has 0 spiro atoms. The zero-order valence-corrected chi connectivity index (χ0v) is 26.4. The second kappa shape index (κ2) is 12.0. The zero-order valence-electron chi connectivity index (χ0n) is 24.4. The molecule has 0 saturated carbocycles. The van der Waals surface area contributed by atoms with Gasteiger partial charge in [-0.25, -0.2) is 0 Å². The normalized spacial score (nSPS) is 16.0. The van der Waals surface area contributed by atoms with Crippen LogP contribution < -0.4 is 0 Å². The Morgan fingerprint density at radius 3 is 1.69 bits per heavy atom. The van der Waals surface area contributed by atoms with Crippen LogP contribution >= 0.6 is 0 Å². The van der Waals surface area contributed by atoms with Crippen molar-refractivity contribution in [3.8, 4) is 0 Å². The van der Waals surface area contributed by atoms with Gasteiger partial charge in [0.15, 0.2) is 16.6 Å². The monoisotopic (exact) mass is 535 g/mol. The van der Waals surface area contributed by atoms with Gasteiger partial charge in [-0.3, -0.25) is 14.4 Å². The van der Waals surface area contributed by atoms with Gasteiger partial charge in [0.2, 0.25) is 0 Å². The van der Waals surface area contributed by atoms with Crippen LogP contribution in [0.1, 0.15) is 89.5 Å². The molecule has 0 saturated heterocycles. The Hall–Kier alpha value is -1.33. The first-order valence-electron chi connectivity index (χ1n) is 13.4. The van der Waals surface area contributed by atoms with E-state index in [1.165, 1.54) is 0 Å². The van der Waals surface area contributed by atoms with Crippen molar-refractivity contribution in [2.45, 2.75) is 103 Å². The van der Waals surface area contributed by atoms with Gasteiger partial charge in [0.1, 0.15) is 0 Å². The molecule has 0 bridgehead atoms. The molecule has 0 fully saturated rings. The van der Waals surface area contributed by atoms with E-state index in [1.807, 2.05) is 0 Å². The van der Waals surface area contributed by atoms with E-state index in [-0.39, 0.29) is 17.6 Å². The Morgan fingerprint density at radius 1 is 0.806 bits per heavy atom. The summed E-state index contributed by atoms with van der Waals surface area (Å²) in [6.07, 6.45) is 0.744. The van der Waals surface area contributed by atoms with Crippen LogP contribution in [0.2, 0.25) is 34.8 Å². The summed E-state index contributed by atoms with van der Waals surface area (Å²) < 4.78 is 13.3. The molecule has 1 aromatic rings. The maximum atomic E-state index is 12.8. The van der Waals surface area contributed by atoms with Gasteiger partial charge in [-0.05, 0) is 53.3 Å². The fraction of sp³-hybridized carbons (Fsp3) is 0.714. The third-order valence-electron chi connectivity index (χ3n) is 8.27. The van der Waals surface area contributed by atoms with Crippen LogP contribution in [-0.2, 0) is 13.7 Å². The van der Waals surface area contributed by atoms with Gasteiger partial charge in [0.05, 0.1) is 17.7 Å². The number of carbonyl (C=O) groups is 2. The van der Waals surface area contributed by atoms with E-state index >= 15 is 0 Å². The predicted molar refractivity (Wildman–Crippen MR) is 151 cm³/mol. The summed E-state index contributed by atoms with van der Waals surface area (Å²) in [5, 5.41) is 1.05. The number of amides is 2. The van der Waals surface area contributed by atoms with Crippen LogP contribution in [0, 0.1) is 5.92 Å². The molecule has 1 unspecified atom stereocenters. The third-order valence-corrected chi connectivity index (χ3v) is 18.9. The average Bonchev–Trinajstić information content (AvgIpc) is 3.00. The molecule has 0 N–H and O–H groups in total. The molecule has 0 aliphatic carbocycles. The molecule has 2 rings (SSSR count). The lowest BCUT2D eigenvalue weighted by atomic mass is 10.1. The SMILES string of the molecule is CC(C)[Si](OCC(CCO[Si](C)(C)C(C)(C)C)CON1C(=O)c2ccccc2C1=O)(C(C)C)C(C)C. The standard InChI is InChI=1S/C28H49NO5Si2/c1-20(2)36(21(3)4,22(5)6)34-19-23(16-17-33-35(10,11)28(7,8)9)18-32-29-26(30)24-14-12-13-15-25(24)27(29)31/h12-15,20-23H,16-19H2,1-11H3. The Kier molecular flexibility index (Phi) is 10.3. The number of hydroxylamine groups is 2. The van der Waals surface area contributed by atoms with E-state index in [9.17, 15) is 9.59 Å². The van der Waals surface area contributed by atoms with Gasteiger partial charge in [-0.2, -0.15) is 0 Å². The van der Waals surface area contributed by atoms with Gasteiger partial charge in [0.25, 0.3) is 11.8 Å². The van der Waals surface area contributed by atoms with E-state index in [0.29, 0.717) is 41.0 Å². The minimum Gasteiger partial charge on any atom is -0.417 e. The van der Waals surface area contributed by atoms with Crippen molar-refractivity contribution in [3.05, 3.63) is 35.4 Å². The van der Waals surface area contributed by atoms with Gasteiger partial charge in [0, 0.05) is 19.1 Å². The first kappa shape index (κ1) is 30.9. The van der Waals surface area contributed by atoms with Gasteiger partial charge in [-0.15, -0.1) is 5.06 Å². The lowest BCUT2D eigenvalue weighted by molar-refractivity contribution is -0.108. The summed E-state index contributed by atoms with van der Waals surface area (Å²) >= 11 is 0. The molecule has 0 aromatic heterocycles. The Labute approximate surface area is 221 Å². The molecule has 36 heavy (non-hydrogen) atoms. The summed E-state index contributed by atoms with van der Waals surface area (Å²) in [4.78, 5) is 31.5. The van der Waals surface area contributed by atoms with Gasteiger partial charge in [-0.1, -0.05) is 74.4 Å². The lowest BCUT2D eigenvalue weighted by Crippen LogP contribution is -2.49. The number of hydrogen-bond donors (Lipinski definition) is 0. The Morgan fingerprint density at radius 2 is 1.28 bits per heavy atom.